The summed E-state index contributed by atoms with van der Waals surface area (Å²) in [5, 5.41) is 3.04. The van der Waals surface area contributed by atoms with Gasteiger partial charge in [0.1, 0.15) is 0 Å². The lowest BCUT2D eigenvalue weighted by Crippen LogP contribution is -2.17. The van der Waals surface area contributed by atoms with Gasteiger partial charge in [0.05, 0.1) is 11.4 Å². The van der Waals surface area contributed by atoms with Crippen LogP contribution in [-0.4, -0.2) is 11.7 Å². The van der Waals surface area contributed by atoms with Crippen molar-refractivity contribution in [2.75, 3.05) is 16.8 Å². The average Bonchev–Trinajstić information content (AvgIpc) is 2.93. The number of hydrogen-bond donors (Lipinski definition) is 2. The number of hydrogen-bond acceptors (Lipinski definition) is 3. The topological polar surface area (TPSA) is 55.1 Å². The largest absolute Gasteiger partial charge is 0.397 e. The van der Waals surface area contributed by atoms with E-state index in [1.54, 1.807) is 11.8 Å². The van der Waals surface area contributed by atoms with Crippen LogP contribution in [0, 0.1) is 17.8 Å². The number of fused-ring (bicyclic) bond motifs is 1. The molecule has 0 spiro atoms. The molecule has 3 N–H and O–H groups in total. The molecule has 3 nitrogen and oxygen atoms in total. The first-order chi connectivity index (χ1) is 9.70. The van der Waals surface area contributed by atoms with E-state index in [-0.39, 0.29) is 11.8 Å². The molecule has 2 atom stereocenters. The number of anilines is 2. The van der Waals surface area contributed by atoms with Crippen molar-refractivity contribution in [3.05, 3.63) is 18.2 Å². The minimum Gasteiger partial charge on any atom is -0.397 e. The Bertz CT molecular complexity index is 507. The molecule has 2 aliphatic rings. The summed E-state index contributed by atoms with van der Waals surface area (Å²) in [6.07, 6.45) is 4.89. The van der Waals surface area contributed by atoms with Crippen LogP contribution in [0.1, 0.15) is 32.6 Å². The molecule has 2 fully saturated rings. The molecule has 1 aromatic rings. The van der Waals surface area contributed by atoms with Crippen molar-refractivity contribution in [3.63, 3.8) is 0 Å². The summed E-state index contributed by atoms with van der Waals surface area (Å²) in [6.45, 7) is 2.17. The van der Waals surface area contributed by atoms with Crippen molar-refractivity contribution in [1.82, 2.24) is 0 Å². The summed E-state index contributed by atoms with van der Waals surface area (Å²) < 4.78 is 0. The molecule has 1 amide bonds. The van der Waals surface area contributed by atoms with Crippen LogP contribution in [0.25, 0.3) is 0 Å². The van der Waals surface area contributed by atoms with E-state index in [1.807, 2.05) is 18.2 Å². The van der Waals surface area contributed by atoms with Gasteiger partial charge in [-0.15, -0.1) is 11.8 Å². The SMILES string of the molecule is CCCSc1ccc(N)c(NC(=O)C2C3CCCC32)c1. The van der Waals surface area contributed by atoms with Gasteiger partial charge in [0.15, 0.2) is 0 Å². The maximum absolute atomic E-state index is 12.3. The number of nitrogens with two attached hydrogens (primary N) is 1. The van der Waals surface area contributed by atoms with Gasteiger partial charge < -0.3 is 11.1 Å². The Kier molecular flexibility index (Phi) is 3.92. The van der Waals surface area contributed by atoms with Crippen LogP contribution < -0.4 is 11.1 Å². The van der Waals surface area contributed by atoms with Crippen LogP contribution in [0.4, 0.5) is 11.4 Å². The number of carbonyl (C=O) groups is 1. The first-order valence-corrected chi connectivity index (χ1v) is 8.52. The number of carbonyl (C=O) groups excluding carboxylic acids is 1. The molecule has 0 heterocycles. The third-order valence-corrected chi connectivity index (χ3v) is 5.66. The van der Waals surface area contributed by atoms with Crippen molar-refractivity contribution in [3.8, 4) is 0 Å². The second kappa shape index (κ2) is 5.68. The van der Waals surface area contributed by atoms with E-state index in [1.165, 1.54) is 24.2 Å². The Balaban J connectivity index is 1.65. The molecular weight excluding hydrogens is 268 g/mol. The highest BCUT2D eigenvalue weighted by Crippen LogP contribution is 2.57. The lowest BCUT2D eigenvalue weighted by Gasteiger charge is -2.11. The minimum absolute atomic E-state index is 0.170. The highest BCUT2D eigenvalue weighted by Gasteiger charge is 2.56. The quantitative estimate of drug-likeness (QED) is 0.641. The molecule has 0 bridgehead atoms. The fourth-order valence-electron chi connectivity index (χ4n) is 3.38. The van der Waals surface area contributed by atoms with Crippen molar-refractivity contribution >= 4 is 29.0 Å². The van der Waals surface area contributed by atoms with Gasteiger partial charge >= 0.3 is 0 Å². The zero-order valence-electron chi connectivity index (χ0n) is 11.9. The van der Waals surface area contributed by atoms with E-state index >= 15 is 0 Å². The third-order valence-electron chi connectivity index (χ3n) is 4.46. The van der Waals surface area contributed by atoms with Crippen LogP contribution in [0.15, 0.2) is 23.1 Å². The minimum atomic E-state index is 0.170. The van der Waals surface area contributed by atoms with Crippen LogP contribution in [0.5, 0.6) is 0 Å². The van der Waals surface area contributed by atoms with Crippen LogP contribution in [0.3, 0.4) is 0 Å². The first-order valence-electron chi connectivity index (χ1n) is 7.54. The van der Waals surface area contributed by atoms with Crippen LogP contribution in [0.2, 0.25) is 0 Å². The van der Waals surface area contributed by atoms with Gasteiger partial charge in [-0.05, 0) is 55.1 Å². The van der Waals surface area contributed by atoms with Gasteiger partial charge in [0.25, 0.3) is 0 Å². The standard InChI is InChI=1S/C16H22N2OS/c1-2-8-20-10-6-7-13(17)14(9-10)18-16(19)15-11-4-3-5-12(11)15/h6-7,9,11-12,15H,2-5,8,17H2,1H3,(H,18,19). The summed E-state index contributed by atoms with van der Waals surface area (Å²) in [6, 6.07) is 5.92. The number of amides is 1. The third kappa shape index (κ3) is 2.66. The van der Waals surface area contributed by atoms with Crippen LogP contribution in [-0.2, 0) is 4.79 Å². The fourth-order valence-corrected chi connectivity index (χ4v) is 4.19. The summed E-state index contributed by atoms with van der Waals surface area (Å²) in [7, 11) is 0. The van der Waals surface area contributed by atoms with Crippen molar-refractivity contribution in [2.24, 2.45) is 17.8 Å². The van der Waals surface area contributed by atoms with E-state index in [4.69, 9.17) is 5.73 Å². The summed E-state index contributed by atoms with van der Waals surface area (Å²) >= 11 is 1.80. The summed E-state index contributed by atoms with van der Waals surface area (Å²) in [5.74, 6) is 2.80. The first kappa shape index (κ1) is 13.8. The average molecular weight is 290 g/mol. The monoisotopic (exact) mass is 290 g/mol. The lowest BCUT2D eigenvalue weighted by atomic mass is 10.1. The zero-order chi connectivity index (χ0) is 14.1. The molecule has 2 saturated carbocycles. The van der Waals surface area contributed by atoms with Gasteiger partial charge in [-0.25, -0.2) is 0 Å². The van der Waals surface area contributed by atoms with Gasteiger partial charge in [-0.1, -0.05) is 13.3 Å². The molecule has 20 heavy (non-hydrogen) atoms. The smallest absolute Gasteiger partial charge is 0.228 e. The Hall–Kier alpha value is -1.16. The lowest BCUT2D eigenvalue weighted by molar-refractivity contribution is -0.118. The molecule has 108 valence electrons. The number of nitrogens with one attached hydrogen (secondary N) is 1. The Morgan fingerprint density at radius 3 is 2.85 bits per heavy atom. The fraction of sp³-hybridized carbons (Fsp3) is 0.562. The number of rotatable bonds is 5. The van der Waals surface area contributed by atoms with Gasteiger partial charge in [0, 0.05) is 10.8 Å². The second-order valence-corrected chi connectivity index (χ2v) is 7.04. The highest BCUT2D eigenvalue weighted by atomic mass is 32.2. The molecule has 0 radical (unpaired) electrons. The number of nitrogen functional groups attached to an aromatic ring is 1. The van der Waals surface area contributed by atoms with E-state index in [0.717, 1.165) is 17.9 Å². The maximum atomic E-state index is 12.3. The normalized spacial score (nSPS) is 27.1. The molecular formula is C16H22N2OS. The molecule has 0 aromatic heterocycles. The zero-order valence-corrected chi connectivity index (χ0v) is 12.7. The van der Waals surface area contributed by atoms with Crippen molar-refractivity contribution in [2.45, 2.75) is 37.5 Å². The second-order valence-electron chi connectivity index (χ2n) is 5.87. The maximum Gasteiger partial charge on any atom is 0.228 e. The van der Waals surface area contributed by atoms with Crippen molar-refractivity contribution in [1.29, 1.82) is 0 Å². The van der Waals surface area contributed by atoms with Crippen molar-refractivity contribution < 1.29 is 4.79 Å². The predicted octanol–water partition coefficient (Wildman–Crippen LogP) is 3.76. The van der Waals surface area contributed by atoms with E-state index in [9.17, 15) is 4.79 Å². The summed E-state index contributed by atoms with van der Waals surface area (Å²) in [4.78, 5) is 13.5. The predicted molar refractivity (Wildman–Crippen MR) is 84.8 cm³/mol. The Morgan fingerprint density at radius 1 is 1.40 bits per heavy atom. The number of thioether (sulfide) groups is 1. The van der Waals surface area contributed by atoms with Gasteiger partial charge in [0.2, 0.25) is 5.91 Å². The van der Waals surface area contributed by atoms with Gasteiger partial charge in [-0.2, -0.15) is 0 Å². The molecule has 4 heteroatoms. The van der Waals surface area contributed by atoms with E-state index in [2.05, 4.69) is 12.2 Å². The van der Waals surface area contributed by atoms with Crippen LogP contribution >= 0.6 is 11.8 Å². The van der Waals surface area contributed by atoms with E-state index in [0.29, 0.717) is 17.5 Å². The molecule has 1 aromatic carbocycles. The van der Waals surface area contributed by atoms with Gasteiger partial charge in [-0.3, -0.25) is 4.79 Å². The summed E-state index contributed by atoms with van der Waals surface area (Å²) in [5.41, 5.74) is 7.41. The Morgan fingerprint density at radius 2 is 2.15 bits per heavy atom. The Labute approximate surface area is 124 Å². The molecule has 2 unspecified atom stereocenters. The molecule has 2 aliphatic carbocycles. The number of benzene rings is 1. The molecule has 0 saturated heterocycles. The molecule has 0 aliphatic heterocycles. The molecule has 3 rings (SSSR count). The highest BCUT2D eigenvalue weighted by molar-refractivity contribution is 7.99. The van der Waals surface area contributed by atoms with E-state index < -0.39 is 0 Å².